The number of carbonyl (C=O) groups is 4. The van der Waals surface area contributed by atoms with Gasteiger partial charge in [0.05, 0.1) is 12.0 Å². The fourth-order valence-corrected chi connectivity index (χ4v) is 8.01. The van der Waals surface area contributed by atoms with Crippen molar-refractivity contribution in [2.24, 2.45) is 17.8 Å². The Kier molecular flexibility index (Phi) is 14.8. The fourth-order valence-electron chi connectivity index (χ4n) is 7.15. The average Bonchev–Trinajstić information content (AvgIpc) is 3.56. The van der Waals surface area contributed by atoms with Crippen molar-refractivity contribution in [3.05, 3.63) is 52.0 Å². The Labute approximate surface area is 301 Å². The molecular formula is C38H57N5O6S. The lowest BCUT2D eigenvalue weighted by Crippen LogP contribution is -2.59. The minimum atomic E-state index is -0.908. The predicted molar refractivity (Wildman–Crippen MR) is 195 cm³/mol. The van der Waals surface area contributed by atoms with Gasteiger partial charge in [-0.15, -0.1) is 11.3 Å². The highest BCUT2D eigenvalue weighted by Crippen LogP contribution is 2.34. The third-order valence-corrected chi connectivity index (χ3v) is 11.4. The highest BCUT2D eigenvalue weighted by molar-refractivity contribution is 7.09. The molecule has 4 rings (SSSR count). The number of nitrogens with zero attached hydrogens (tertiary/aromatic N) is 3. The van der Waals surface area contributed by atoms with Crippen LogP contribution in [0, 0.1) is 17.8 Å². The Balaban J connectivity index is 1.47. The van der Waals surface area contributed by atoms with Crippen molar-refractivity contribution in [3.8, 4) is 0 Å². The van der Waals surface area contributed by atoms with E-state index in [2.05, 4.69) is 29.4 Å². The van der Waals surface area contributed by atoms with Crippen molar-refractivity contribution in [2.75, 3.05) is 27.2 Å². The van der Waals surface area contributed by atoms with Crippen LogP contribution in [-0.2, 0) is 25.5 Å². The molecule has 50 heavy (non-hydrogen) atoms. The van der Waals surface area contributed by atoms with E-state index in [9.17, 15) is 24.3 Å². The smallest absolute Gasteiger partial charge is 0.306 e. The molecule has 3 N–H and O–H groups in total. The number of aliphatic carboxylic acids is 1. The van der Waals surface area contributed by atoms with E-state index < -0.39 is 30.1 Å². The lowest BCUT2D eigenvalue weighted by atomic mass is 9.78. The molecule has 2 aliphatic rings. The largest absolute Gasteiger partial charge is 0.481 e. The molecule has 12 heteroatoms. The minimum Gasteiger partial charge on any atom is -0.481 e. The minimum absolute atomic E-state index is 0.0591. The Hall–Kier alpha value is -3.35. The van der Waals surface area contributed by atoms with Gasteiger partial charge in [-0.1, -0.05) is 63.9 Å². The molecular weight excluding hydrogens is 655 g/mol. The van der Waals surface area contributed by atoms with Gasteiger partial charge in [-0.3, -0.25) is 24.1 Å². The number of piperidine rings is 1. The topological polar surface area (TPSA) is 141 Å². The Morgan fingerprint density at radius 1 is 1.04 bits per heavy atom. The Bertz CT molecular complexity index is 1420. The van der Waals surface area contributed by atoms with Gasteiger partial charge in [-0.05, 0) is 76.4 Å². The number of ether oxygens (including phenoxy) is 1. The van der Waals surface area contributed by atoms with Crippen LogP contribution in [0.4, 0.5) is 0 Å². The summed E-state index contributed by atoms with van der Waals surface area (Å²) in [6, 6.07) is 8.31. The maximum absolute atomic E-state index is 14.2. The van der Waals surface area contributed by atoms with E-state index >= 15 is 0 Å². The molecule has 3 amide bonds. The zero-order chi connectivity index (χ0) is 36.4. The van der Waals surface area contributed by atoms with E-state index in [0.717, 1.165) is 50.6 Å². The molecule has 11 nitrogen and oxygen atoms in total. The molecule has 1 aliphatic heterocycles. The summed E-state index contributed by atoms with van der Waals surface area (Å²) < 4.78 is 6.20. The van der Waals surface area contributed by atoms with Crippen molar-refractivity contribution in [3.63, 3.8) is 0 Å². The summed E-state index contributed by atoms with van der Waals surface area (Å²) >= 11 is 1.34. The average molecular weight is 712 g/mol. The lowest BCUT2D eigenvalue weighted by Gasteiger charge is -2.41. The number of likely N-dealkylation sites (tertiary alicyclic amines) is 1. The predicted octanol–water partition coefficient (Wildman–Crippen LogP) is 5.31. The van der Waals surface area contributed by atoms with Crippen molar-refractivity contribution < 1.29 is 29.0 Å². The van der Waals surface area contributed by atoms with Gasteiger partial charge in [0, 0.05) is 37.5 Å². The van der Waals surface area contributed by atoms with Crippen LogP contribution in [-0.4, -0.2) is 95.0 Å². The first-order valence-electron chi connectivity index (χ1n) is 18.3. The van der Waals surface area contributed by atoms with Crippen molar-refractivity contribution in [1.29, 1.82) is 0 Å². The normalized spacial score (nSPS) is 19.9. The number of hydrogen-bond acceptors (Lipinski definition) is 8. The van der Waals surface area contributed by atoms with Gasteiger partial charge >= 0.3 is 5.97 Å². The number of benzene rings is 1. The molecule has 276 valence electrons. The van der Waals surface area contributed by atoms with Crippen LogP contribution in [0.5, 0.6) is 0 Å². The second-order valence-electron chi connectivity index (χ2n) is 14.5. The van der Waals surface area contributed by atoms with Gasteiger partial charge < -0.3 is 25.4 Å². The molecule has 0 bridgehead atoms. The van der Waals surface area contributed by atoms with Gasteiger partial charge in [0.2, 0.25) is 11.8 Å². The maximum Gasteiger partial charge on any atom is 0.306 e. The molecule has 2 heterocycles. The number of hydrogen-bond donors (Lipinski definition) is 3. The Morgan fingerprint density at radius 3 is 2.36 bits per heavy atom. The van der Waals surface area contributed by atoms with E-state index in [4.69, 9.17) is 9.72 Å². The molecule has 1 saturated heterocycles. The number of rotatable bonds is 18. The molecule has 2 fully saturated rings. The van der Waals surface area contributed by atoms with Gasteiger partial charge in [0.1, 0.15) is 22.8 Å². The first-order valence-corrected chi connectivity index (χ1v) is 19.2. The van der Waals surface area contributed by atoms with E-state index in [1.165, 1.54) is 11.3 Å². The van der Waals surface area contributed by atoms with Crippen LogP contribution in [0.3, 0.4) is 0 Å². The standard InChI is InChI=1S/C38H57N5O6S/c1-7-49-32(36-40-29(23-50-36)34(44)39-28(20-25(4)38(47)48)21-26-14-9-8-10-15-26)22-31(24(2)3)43(6)37(46)33(27-16-13-17-27)41-35(45)30-18-11-12-19-42(30)5/h8-10,14-15,23-25,27-28,30-33H,7,11-13,16-22H2,1-6H3,(H,39,44)(H,41,45)(H,47,48)/t25-,28+,30+,31+,32+,33-/m0/s1. The Morgan fingerprint density at radius 2 is 1.76 bits per heavy atom. The third kappa shape index (κ3) is 10.6. The quantitative estimate of drug-likeness (QED) is 0.189. The summed E-state index contributed by atoms with van der Waals surface area (Å²) in [6.07, 6.45) is 6.60. The number of amides is 3. The molecule has 1 aromatic carbocycles. The van der Waals surface area contributed by atoms with Gasteiger partial charge in [-0.2, -0.15) is 0 Å². The second-order valence-corrected chi connectivity index (χ2v) is 15.4. The number of nitrogens with one attached hydrogen (secondary N) is 2. The van der Waals surface area contributed by atoms with E-state index in [1.807, 2.05) is 51.4 Å². The summed E-state index contributed by atoms with van der Waals surface area (Å²) in [5, 5.41) is 18.1. The summed E-state index contributed by atoms with van der Waals surface area (Å²) in [4.78, 5) is 61.3. The van der Waals surface area contributed by atoms with Gasteiger partial charge in [0.25, 0.3) is 5.91 Å². The van der Waals surface area contributed by atoms with Crippen molar-refractivity contribution in [2.45, 2.75) is 116 Å². The summed E-state index contributed by atoms with van der Waals surface area (Å²) in [5.74, 6) is -1.82. The molecule has 0 unspecified atom stereocenters. The van der Waals surface area contributed by atoms with E-state index in [-0.39, 0.29) is 53.8 Å². The van der Waals surface area contributed by atoms with Crippen LogP contribution in [0.15, 0.2) is 35.7 Å². The SMILES string of the molecule is CCO[C@H](C[C@H](C(C)C)N(C)C(=O)[C@@H](NC(=O)[C@H]1CCCCN1C)C1CCC1)c1nc(C(=O)N[C@@H](Cc2ccccc2)C[C@H](C)C(=O)O)cs1. The van der Waals surface area contributed by atoms with Crippen molar-refractivity contribution in [1.82, 2.24) is 25.4 Å². The maximum atomic E-state index is 14.2. The summed E-state index contributed by atoms with van der Waals surface area (Å²) in [7, 11) is 3.81. The number of aromatic nitrogens is 1. The molecule has 1 saturated carbocycles. The zero-order valence-corrected chi connectivity index (χ0v) is 31.4. The summed E-state index contributed by atoms with van der Waals surface area (Å²) in [6.45, 7) is 9.03. The van der Waals surface area contributed by atoms with Crippen molar-refractivity contribution >= 4 is 35.0 Å². The highest BCUT2D eigenvalue weighted by Gasteiger charge is 2.40. The highest BCUT2D eigenvalue weighted by atomic mass is 32.1. The molecule has 0 radical (unpaired) electrons. The second kappa shape index (κ2) is 18.8. The van der Waals surface area contributed by atoms with Gasteiger partial charge in [0.15, 0.2) is 0 Å². The van der Waals surface area contributed by atoms with E-state index in [0.29, 0.717) is 24.5 Å². The molecule has 2 aromatic rings. The lowest BCUT2D eigenvalue weighted by molar-refractivity contribution is -0.142. The molecule has 1 aromatic heterocycles. The molecule has 1 aliphatic carbocycles. The monoisotopic (exact) mass is 711 g/mol. The molecule has 6 atom stereocenters. The zero-order valence-electron chi connectivity index (χ0n) is 30.6. The van der Waals surface area contributed by atoms with Crippen LogP contribution < -0.4 is 10.6 Å². The summed E-state index contributed by atoms with van der Waals surface area (Å²) in [5.41, 5.74) is 1.26. The number of carbonyl (C=O) groups excluding carboxylic acids is 3. The van der Waals surface area contributed by atoms with Gasteiger partial charge in [-0.25, -0.2) is 4.98 Å². The fraction of sp³-hybridized carbons (Fsp3) is 0.658. The van der Waals surface area contributed by atoms with E-state index in [1.54, 1.807) is 17.2 Å². The number of carboxylic acid groups (broad SMARTS) is 1. The number of carboxylic acids is 1. The van der Waals surface area contributed by atoms with Crippen LogP contribution in [0.1, 0.15) is 106 Å². The third-order valence-electron chi connectivity index (χ3n) is 10.4. The number of likely N-dealkylation sites (N-methyl/N-ethyl adjacent to an activating group) is 2. The molecule has 0 spiro atoms. The van der Waals surface area contributed by atoms with Crippen LogP contribution in [0.25, 0.3) is 0 Å². The van der Waals surface area contributed by atoms with Crippen LogP contribution >= 0.6 is 11.3 Å². The first-order chi connectivity index (χ1) is 23.9. The number of thiazole rings is 1. The van der Waals surface area contributed by atoms with Crippen LogP contribution in [0.2, 0.25) is 0 Å². The first kappa shape index (κ1) is 39.4.